The summed E-state index contributed by atoms with van der Waals surface area (Å²) in [6.45, 7) is 3.34. The largest absolute Gasteiger partial charge is 0.480 e. The van der Waals surface area contributed by atoms with Crippen LogP contribution in [0.15, 0.2) is 35.4 Å². The minimum absolute atomic E-state index is 0.206. The van der Waals surface area contributed by atoms with E-state index in [4.69, 9.17) is 0 Å². The number of benzene rings is 1. The highest BCUT2D eigenvalue weighted by molar-refractivity contribution is 5.84. The third-order valence-electron chi connectivity index (χ3n) is 3.84. The maximum Gasteiger partial charge on any atom is 0.326 e. The van der Waals surface area contributed by atoms with Crippen molar-refractivity contribution in [3.05, 3.63) is 40.9 Å². The Morgan fingerprint density at radius 2 is 2.04 bits per heavy atom. The third-order valence-corrected chi connectivity index (χ3v) is 3.84. The van der Waals surface area contributed by atoms with Gasteiger partial charge in [-0.25, -0.2) is 9.78 Å². The predicted octanol–water partition coefficient (Wildman–Crippen LogP) is 1.01. The summed E-state index contributed by atoms with van der Waals surface area (Å²) in [4.78, 5) is 39.7. The molecule has 1 aromatic heterocycles. The molecule has 0 saturated heterocycles. The van der Waals surface area contributed by atoms with Gasteiger partial charge in [0.1, 0.15) is 12.6 Å². The van der Waals surface area contributed by atoms with Crippen molar-refractivity contribution >= 4 is 22.8 Å². The van der Waals surface area contributed by atoms with Gasteiger partial charge in [0.25, 0.3) is 5.56 Å². The number of carboxylic acid groups (broad SMARTS) is 1. The Morgan fingerprint density at radius 3 is 2.70 bits per heavy atom. The second-order valence-corrected chi connectivity index (χ2v) is 5.46. The minimum atomic E-state index is -1.09. The van der Waals surface area contributed by atoms with Gasteiger partial charge in [-0.1, -0.05) is 32.4 Å². The van der Waals surface area contributed by atoms with Crippen molar-refractivity contribution in [2.75, 3.05) is 0 Å². The van der Waals surface area contributed by atoms with Gasteiger partial charge in [-0.05, 0) is 18.1 Å². The van der Waals surface area contributed by atoms with Crippen LogP contribution in [0.3, 0.4) is 0 Å². The zero-order valence-electron chi connectivity index (χ0n) is 13.0. The van der Waals surface area contributed by atoms with Crippen LogP contribution < -0.4 is 10.9 Å². The molecule has 0 aliphatic rings. The van der Waals surface area contributed by atoms with Crippen molar-refractivity contribution in [1.29, 1.82) is 0 Å². The van der Waals surface area contributed by atoms with Crippen LogP contribution in [0, 0.1) is 5.92 Å². The molecule has 7 nitrogen and oxygen atoms in total. The zero-order valence-corrected chi connectivity index (χ0v) is 13.0. The number of carbonyl (C=O) groups is 2. The van der Waals surface area contributed by atoms with E-state index in [-0.39, 0.29) is 18.0 Å². The maximum absolute atomic E-state index is 12.3. The number of hydrogen-bond donors (Lipinski definition) is 2. The van der Waals surface area contributed by atoms with E-state index >= 15 is 0 Å². The molecule has 0 saturated carbocycles. The molecule has 0 aliphatic carbocycles. The average Bonchev–Trinajstić information content (AvgIpc) is 2.54. The van der Waals surface area contributed by atoms with E-state index in [9.17, 15) is 19.5 Å². The molecule has 0 radical (unpaired) electrons. The molecule has 1 heterocycles. The number of aromatic nitrogens is 2. The summed E-state index contributed by atoms with van der Waals surface area (Å²) in [5.41, 5.74) is 0.221. The molecular formula is C16H19N3O4. The fraction of sp³-hybridized carbons (Fsp3) is 0.375. The lowest BCUT2D eigenvalue weighted by Gasteiger charge is -2.20. The highest BCUT2D eigenvalue weighted by Crippen LogP contribution is 2.08. The molecule has 0 fully saturated rings. The van der Waals surface area contributed by atoms with Crippen molar-refractivity contribution in [3.8, 4) is 0 Å². The Balaban J connectivity index is 2.19. The van der Waals surface area contributed by atoms with E-state index in [1.807, 2.05) is 6.92 Å². The van der Waals surface area contributed by atoms with Crippen molar-refractivity contribution < 1.29 is 14.7 Å². The summed E-state index contributed by atoms with van der Waals surface area (Å²) in [6.07, 6.45) is 1.91. The molecule has 122 valence electrons. The number of carboxylic acids is 1. The Hall–Kier alpha value is -2.70. The summed E-state index contributed by atoms with van der Waals surface area (Å²) in [6, 6.07) is 5.87. The van der Waals surface area contributed by atoms with E-state index in [0.29, 0.717) is 17.3 Å². The Morgan fingerprint density at radius 1 is 1.35 bits per heavy atom. The number of nitrogens with zero attached hydrogens (tertiary/aromatic N) is 2. The van der Waals surface area contributed by atoms with Gasteiger partial charge in [0.05, 0.1) is 17.2 Å². The molecule has 2 rings (SSSR count). The van der Waals surface area contributed by atoms with Crippen molar-refractivity contribution in [1.82, 2.24) is 14.9 Å². The van der Waals surface area contributed by atoms with E-state index in [1.165, 1.54) is 10.9 Å². The van der Waals surface area contributed by atoms with Crippen LogP contribution in [0.1, 0.15) is 20.3 Å². The molecule has 0 bridgehead atoms. The summed E-state index contributed by atoms with van der Waals surface area (Å²) in [7, 11) is 0. The van der Waals surface area contributed by atoms with Crippen LogP contribution in [0.5, 0.6) is 0 Å². The number of para-hydroxylation sites is 1. The number of fused-ring (bicyclic) bond motifs is 1. The van der Waals surface area contributed by atoms with E-state index in [2.05, 4.69) is 10.3 Å². The number of amides is 1. The lowest BCUT2D eigenvalue weighted by molar-refractivity contribution is -0.143. The average molecular weight is 317 g/mol. The second kappa shape index (κ2) is 7.04. The fourth-order valence-corrected chi connectivity index (χ4v) is 2.28. The number of carbonyl (C=O) groups excluding carboxylic acids is 1. The molecule has 1 aromatic carbocycles. The van der Waals surface area contributed by atoms with Gasteiger partial charge < -0.3 is 10.4 Å². The first kappa shape index (κ1) is 16.7. The quantitative estimate of drug-likeness (QED) is 0.828. The topological polar surface area (TPSA) is 101 Å². The van der Waals surface area contributed by atoms with Crippen LogP contribution in [0.25, 0.3) is 10.9 Å². The number of aliphatic carboxylic acids is 1. The van der Waals surface area contributed by atoms with E-state index < -0.39 is 17.9 Å². The van der Waals surface area contributed by atoms with Gasteiger partial charge in [0, 0.05) is 0 Å². The molecule has 2 N–H and O–H groups in total. The van der Waals surface area contributed by atoms with E-state index in [1.54, 1.807) is 31.2 Å². The smallest absolute Gasteiger partial charge is 0.326 e. The molecule has 23 heavy (non-hydrogen) atoms. The number of hydrogen-bond acceptors (Lipinski definition) is 4. The summed E-state index contributed by atoms with van der Waals surface area (Å²) >= 11 is 0. The van der Waals surface area contributed by atoms with Gasteiger partial charge in [0.2, 0.25) is 5.91 Å². The normalized spacial score (nSPS) is 13.5. The van der Waals surface area contributed by atoms with Crippen LogP contribution in [-0.2, 0) is 16.1 Å². The van der Waals surface area contributed by atoms with Crippen molar-refractivity contribution in [2.24, 2.45) is 5.92 Å². The Labute approximate surface area is 133 Å². The molecule has 2 atom stereocenters. The van der Waals surface area contributed by atoms with E-state index in [0.717, 1.165) is 0 Å². The van der Waals surface area contributed by atoms with Gasteiger partial charge in [0.15, 0.2) is 0 Å². The van der Waals surface area contributed by atoms with Gasteiger partial charge in [-0.15, -0.1) is 0 Å². The maximum atomic E-state index is 12.3. The SMILES string of the molecule is CCC(C)[C@H](NC(=O)Cn1cnc2ccccc2c1=O)C(=O)O. The lowest BCUT2D eigenvalue weighted by atomic mass is 9.99. The third kappa shape index (κ3) is 3.74. The lowest BCUT2D eigenvalue weighted by Crippen LogP contribution is -2.46. The number of nitrogens with one attached hydrogen (secondary N) is 1. The second-order valence-electron chi connectivity index (χ2n) is 5.46. The summed E-state index contributed by atoms with van der Waals surface area (Å²) < 4.78 is 1.17. The minimum Gasteiger partial charge on any atom is -0.480 e. The Bertz CT molecular complexity index is 784. The molecule has 0 aliphatic heterocycles. The first-order valence-electron chi connectivity index (χ1n) is 7.40. The van der Waals surface area contributed by atoms with Gasteiger partial charge >= 0.3 is 5.97 Å². The molecule has 2 aromatic rings. The predicted molar refractivity (Wildman–Crippen MR) is 85.0 cm³/mol. The van der Waals surface area contributed by atoms with Crippen molar-refractivity contribution in [3.63, 3.8) is 0 Å². The van der Waals surface area contributed by atoms with Gasteiger partial charge in [-0.2, -0.15) is 0 Å². The molecule has 1 unspecified atom stereocenters. The molecule has 1 amide bonds. The van der Waals surface area contributed by atoms with Crippen molar-refractivity contribution in [2.45, 2.75) is 32.9 Å². The highest BCUT2D eigenvalue weighted by atomic mass is 16.4. The Kier molecular flexibility index (Phi) is 5.10. The highest BCUT2D eigenvalue weighted by Gasteiger charge is 2.25. The fourth-order valence-electron chi connectivity index (χ4n) is 2.28. The first-order chi connectivity index (χ1) is 10.9. The van der Waals surface area contributed by atoms with Crippen LogP contribution in [0.4, 0.5) is 0 Å². The first-order valence-corrected chi connectivity index (χ1v) is 7.40. The van der Waals surface area contributed by atoms with Crippen LogP contribution in [0.2, 0.25) is 0 Å². The number of rotatable bonds is 6. The van der Waals surface area contributed by atoms with Crippen LogP contribution in [-0.4, -0.2) is 32.6 Å². The zero-order chi connectivity index (χ0) is 17.0. The monoisotopic (exact) mass is 317 g/mol. The molecular weight excluding hydrogens is 298 g/mol. The molecule has 0 spiro atoms. The molecule has 7 heteroatoms. The summed E-state index contributed by atoms with van der Waals surface area (Å²) in [5.74, 6) is -1.82. The standard InChI is InChI=1S/C16H19N3O4/c1-3-10(2)14(16(22)23)18-13(20)8-19-9-17-12-7-5-4-6-11(12)15(19)21/h4-7,9-10,14H,3,8H2,1-2H3,(H,18,20)(H,22,23)/t10?,14-/m0/s1. The summed E-state index contributed by atoms with van der Waals surface area (Å²) in [5, 5.41) is 12.1. The van der Waals surface area contributed by atoms with Crippen LogP contribution >= 0.6 is 0 Å². The van der Waals surface area contributed by atoms with Gasteiger partial charge in [-0.3, -0.25) is 14.2 Å².